The van der Waals surface area contributed by atoms with Crippen LogP contribution in [0.5, 0.6) is 0 Å². The van der Waals surface area contributed by atoms with Crippen LogP contribution in [-0.4, -0.2) is 15.8 Å². The fourth-order valence-electron chi connectivity index (χ4n) is 2.11. The quantitative estimate of drug-likeness (QED) is 0.914. The summed E-state index contributed by atoms with van der Waals surface area (Å²) in [5.74, 6) is 0. The van der Waals surface area contributed by atoms with Crippen molar-refractivity contribution in [2.45, 2.75) is 32.4 Å². The molecule has 1 aromatic heterocycles. The van der Waals surface area contributed by atoms with E-state index in [4.69, 9.17) is 17.3 Å². The summed E-state index contributed by atoms with van der Waals surface area (Å²) in [7, 11) is 0. The van der Waals surface area contributed by atoms with Gasteiger partial charge in [-0.3, -0.25) is 4.68 Å². The summed E-state index contributed by atoms with van der Waals surface area (Å²) < 4.78 is 2.90. The minimum atomic E-state index is -0.00957. The van der Waals surface area contributed by atoms with Crippen molar-refractivity contribution < 1.29 is 0 Å². The molecule has 0 aliphatic rings. The van der Waals surface area contributed by atoms with Crippen molar-refractivity contribution in [1.29, 1.82) is 0 Å². The van der Waals surface area contributed by atoms with Crippen molar-refractivity contribution in [3.8, 4) is 0 Å². The van der Waals surface area contributed by atoms with Gasteiger partial charge in [-0.25, -0.2) is 0 Å². The van der Waals surface area contributed by atoms with Crippen LogP contribution in [0, 0.1) is 6.92 Å². The highest BCUT2D eigenvalue weighted by Gasteiger charge is 2.22. The maximum absolute atomic E-state index is 6.27. The molecule has 1 heterocycles. The van der Waals surface area contributed by atoms with Crippen LogP contribution < -0.4 is 5.73 Å². The van der Waals surface area contributed by atoms with Crippen LogP contribution >= 0.6 is 27.5 Å². The van der Waals surface area contributed by atoms with Crippen molar-refractivity contribution in [3.05, 3.63) is 51.2 Å². The van der Waals surface area contributed by atoms with E-state index in [9.17, 15) is 0 Å². The number of aryl methyl sites for hydroxylation is 1. The van der Waals surface area contributed by atoms with Crippen LogP contribution in [0.4, 0.5) is 0 Å². The molecule has 2 aromatic rings. The third-order valence-corrected chi connectivity index (χ3v) is 4.07. The van der Waals surface area contributed by atoms with Gasteiger partial charge in [0, 0.05) is 16.7 Å². The number of halogens is 2. The first kappa shape index (κ1) is 14.6. The van der Waals surface area contributed by atoms with E-state index in [0.717, 1.165) is 22.2 Å². The Kier molecular flexibility index (Phi) is 4.66. The molecular formula is C14H17BrClN3. The normalized spacial score (nSPS) is 14.4. The van der Waals surface area contributed by atoms with Gasteiger partial charge in [-0.05, 0) is 31.0 Å². The molecule has 0 saturated carbocycles. The second kappa shape index (κ2) is 6.07. The maximum atomic E-state index is 6.27. The molecular weight excluding hydrogens is 326 g/mol. The predicted octanol–water partition coefficient (Wildman–Crippen LogP) is 3.93. The van der Waals surface area contributed by atoms with Gasteiger partial charge in [-0.15, -0.1) is 0 Å². The average molecular weight is 343 g/mol. The van der Waals surface area contributed by atoms with Crippen molar-refractivity contribution in [2.24, 2.45) is 5.73 Å². The van der Waals surface area contributed by atoms with Crippen LogP contribution in [0.2, 0.25) is 5.02 Å². The smallest absolute Gasteiger partial charge is 0.0920 e. The lowest BCUT2D eigenvalue weighted by atomic mass is 9.98. The van der Waals surface area contributed by atoms with E-state index in [1.165, 1.54) is 0 Å². The predicted molar refractivity (Wildman–Crippen MR) is 82.5 cm³/mol. The Morgan fingerprint density at radius 1 is 1.47 bits per heavy atom. The third-order valence-electron chi connectivity index (χ3n) is 3.21. The number of nitrogens with two attached hydrogens (primary N) is 1. The Labute approximate surface area is 126 Å². The number of hydrogen-bond acceptors (Lipinski definition) is 2. The maximum Gasteiger partial charge on any atom is 0.0920 e. The highest BCUT2D eigenvalue weighted by atomic mass is 79.9. The number of benzene rings is 1. The zero-order valence-corrected chi connectivity index (χ0v) is 13.3. The molecule has 2 rings (SSSR count). The van der Waals surface area contributed by atoms with Crippen molar-refractivity contribution in [1.82, 2.24) is 9.78 Å². The van der Waals surface area contributed by atoms with Crippen molar-refractivity contribution >= 4 is 27.5 Å². The van der Waals surface area contributed by atoms with Gasteiger partial charge in [0.05, 0.1) is 16.8 Å². The summed E-state index contributed by atoms with van der Waals surface area (Å²) in [4.78, 5) is 0. The summed E-state index contributed by atoms with van der Waals surface area (Å²) >= 11 is 9.60. The Morgan fingerprint density at radius 2 is 2.21 bits per heavy atom. The summed E-state index contributed by atoms with van der Waals surface area (Å²) in [5.41, 5.74) is 8.22. The molecule has 2 atom stereocenters. The lowest BCUT2D eigenvalue weighted by molar-refractivity contribution is 0.422. The molecule has 0 aliphatic carbocycles. The van der Waals surface area contributed by atoms with Gasteiger partial charge in [0.1, 0.15) is 0 Å². The summed E-state index contributed by atoms with van der Waals surface area (Å²) in [5, 5.41) is 5.14. The van der Waals surface area contributed by atoms with Gasteiger partial charge < -0.3 is 5.73 Å². The average Bonchev–Trinajstić information content (AvgIpc) is 2.69. The molecule has 0 radical (unpaired) electrons. The largest absolute Gasteiger partial charge is 0.326 e. The Hall–Kier alpha value is -0.840. The first-order valence-corrected chi connectivity index (χ1v) is 7.42. The molecule has 2 N–H and O–H groups in total. The van der Waals surface area contributed by atoms with E-state index in [0.29, 0.717) is 5.02 Å². The van der Waals surface area contributed by atoms with E-state index in [1.54, 1.807) is 0 Å². The van der Waals surface area contributed by atoms with Crippen molar-refractivity contribution in [3.63, 3.8) is 0 Å². The van der Waals surface area contributed by atoms with Gasteiger partial charge in [0.25, 0.3) is 0 Å². The standard InChI is InChI=1S/C14H17BrClN3/c1-3-13(17)14(10-5-4-6-11(15)7-10)19-8-12(16)9(2)18-19/h4-8,13-14H,3,17H2,1-2H3. The number of rotatable bonds is 4. The fraction of sp³-hybridized carbons (Fsp3) is 0.357. The Bertz CT molecular complexity index is 548. The van der Waals surface area contributed by atoms with Gasteiger partial charge in [0.15, 0.2) is 0 Å². The summed E-state index contributed by atoms with van der Waals surface area (Å²) in [6, 6.07) is 8.13. The zero-order chi connectivity index (χ0) is 14.0. The lowest BCUT2D eigenvalue weighted by Gasteiger charge is -2.24. The molecule has 19 heavy (non-hydrogen) atoms. The van der Waals surface area contributed by atoms with Crippen LogP contribution in [0.15, 0.2) is 34.9 Å². The second-order valence-corrected chi connectivity index (χ2v) is 5.94. The number of aromatic nitrogens is 2. The van der Waals surface area contributed by atoms with Crippen LogP contribution in [0.1, 0.15) is 30.6 Å². The molecule has 5 heteroatoms. The molecule has 0 spiro atoms. The first-order valence-electron chi connectivity index (χ1n) is 6.25. The molecule has 3 nitrogen and oxygen atoms in total. The summed E-state index contributed by atoms with van der Waals surface area (Å²) in [6.45, 7) is 3.97. The highest BCUT2D eigenvalue weighted by Crippen LogP contribution is 2.27. The van der Waals surface area contributed by atoms with Crippen LogP contribution in [0.3, 0.4) is 0 Å². The molecule has 0 fully saturated rings. The van der Waals surface area contributed by atoms with E-state index < -0.39 is 0 Å². The van der Waals surface area contributed by atoms with Crippen LogP contribution in [0.25, 0.3) is 0 Å². The molecule has 102 valence electrons. The minimum absolute atomic E-state index is 0.00583. The first-order chi connectivity index (χ1) is 9.02. The topological polar surface area (TPSA) is 43.8 Å². The SMILES string of the molecule is CCC(N)C(c1cccc(Br)c1)n1cc(Cl)c(C)n1. The van der Waals surface area contributed by atoms with E-state index in [-0.39, 0.29) is 12.1 Å². The molecule has 0 saturated heterocycles. The third kappa shape index (κ3) is 3.19. The van der Waals surface area contributed by atoms with Crippen molar-refractivity contribution in [2.75, 3.05) is 0 Å². The lowest BCUT2D eigenvalue weighted by Crippen LogP contribution is -2.32. The van der Waals surface area contributed by atoms with E-state index in [2.05, 4.69) is 40.1 Å². The zero-order valence-electron chi connectivity index (χ0n) is 11.0. The minimum Gasteiger partial charge on any atom is -0.326 e. The van der Waals surface area contributed by atoms with E-state index >= 15 is 0 Å². The molecule has 0 bridgehead atoms. The van der Waals surface area contributed by atoms with Gasteiger partial charge in [0.2, 0.25) is 0 Å². The summed E-state index contributed by atoms with van der Waals surface area (Å²) in [6.07, 6.45) is 2.71. The Balaban J connectivity index is 2.47. The number of nitrogens with zero attached hydrogens (tertiary/aromatic N) is 2. The van der Waals surface area contributed by atoms with Crippen LogP contribution in [-0.2, 0) is 0 Å². The fourth-order valence-corrected chi connectivity index (χ4v) is 2.67. The second-order valence-electron chi connectivity index (χ2n) is 4.61. The molecule has 1 aromatic carbocycles. The molecule has 0 amide bonds. The van der Waals surface area contributed by atoms with Gasteiger partial charge in [-0.2, -0.15) is 5.10 Å². The highest BCUT2D eigenvalue weighted by molar-refractivity contribution is 9.10. The monoisotopic (exact) mass is 341 g/mol. The Morgan fingerprint density at radius 3 is 2.74 bits per heavy atom. The molecule has 0 aliphatic heterocycles. The number of hydrogen-bond donors (Lipinski definition) is 1. The molecule has 2 unspecified atom stereocenters. The van der Waals surface area contributed by atoms with Gasteiger partial charge >= 0.3 is 0 Å². The van der Waals surface area contributed by atoms with E-state index in [1.807, 2.05) is 29.9 Å². The van der Waals surface area contributed by atoms with Gasteiger partial charge in [-0.1, -0.05) is 46.6 Å².